The van der Waals surface area contributed by atoms with Crippen LogP contribution in [-0.2, 0) is 0 Å². The van der Waals surface area contributed by atoms with Crippen molar-refractivity contribution in [2.24, 2.45) is 0 Å². The molecule has 1 aromatic rings. The van der Waals surface area contributed by atoms with Gasteiger partial charge in [0.15, 0.2) is 0 Å². The van der Waals surface area contributed by atoms with Crippen LogP contribution in [0.1, 0.15) is 30.1 Å². The minimum atomic E-state index is -0.0995. The number of nitrogens with two attached hydrogens (primary N) is 1. The molecule has 0 spiro atoms. The molecule has 0 aliphatic heterocycles. The number of hydrogen-bond donors (Lipinski definition) is 2. The SMILES string of the molecule is CCCOc1ccc(C(=O)NCCCN(C)C)cc1N. The van der Waals surface area contributed by atoms with Crippen LogP contribution in [0, 0.1) is 0 Å². The van der Waals surface area contributed by atoms with Crippen LogP contribution in [0.3, 0.4) is 0 Å². The van der Waals surface area contributed by atoms with Gasteiger partial charge < -0.3 is 20.7 Å². The first-order valence-corrected chi connectivity index (χ1v) is 6.99. The predicted molar refractivity (Wildman–Crippen MR) is 82.1 cm³/mol. The first-order valence-electron chi connectivity index (χ1n) is 6.99. The molecule has 3 N–H and O–H groups in total. The Morgan fingerprint density at radius 1 is 1.40 bits per heavy atom. The highest BCUT2D eigenvalue weighted by Gasteiger charge is 2.08. The molecule has 0 aromatic heterocycles. The Hall–Kier alpha value is -1.75. The summed E-state index contributed by atoms with van der Waals surface area (Å²) in [4.78, 5) is 14.0. The molecule has 112 valence electrons. The first-order chi connectivity index (χ1) is 9.54. The van der Waals surface area contributed by atoms with E-state index in [0.29, 0.717) is 30.2 Å². The van der Waals surface area contributed by atoms with Crippen molar-refractivity contribution in [3.63, 3.8) is 0 Å². The number of benzene rings is 1. The molecule has 0 bridgehead atoms. The molecule has 0 radical (unpaired) electrons. The van der Waals surface area contributed by atoms with Gasteiger partial charge in [-0.05, 0) is 51.7 Å². The Bertz CT molecular complexity index is 433. The Labute approximate surface area is 121 Å². The predicted octanol–water partition coefficient (Wildman–Crippen LogP) is 1.74. The maximum atomic E-state index is 11.9. The summed E-state index contributed by atoms with van der Waals surface area (Å²) in [5, 5.41) is 2.88. The molecule has 0 fully saturated rings. The molecule has 0 unspecified atom stereocenters. The van der Waals surface area contributed by atoms with E-state index >= 15 is 0 Å². The van der Waals surface area contributed by atoms with Crippen LogP contribution in [0.4, 0.5) is 5.69 Å². The Morgan fingerprint density at radius 3 is 2.75 bits per heavy atom. The molecular formula is C15H25N3O2. The molecule has 5 heteroatoms. The van der Waals surface area contributed by atoms with Crippen molar-refractivity contribution in [3.8, 4) is 5.75 Å². The molecule has 1 amide bonds. The second kappa shape index (κ2) is 8.43. The number of rotatable bonds is 8. The van der Waals surface area contributed by atoms with E-state index in [-0.39, 0.29) is 5.91 Å². The summed E-state index contributed by atoms with van der Waals surface area (Å²) in [5.41, 5.74) is 6.95. The number of amides is 1. The second-order valence-corrected chi connectivity index (χ2v) is 5.01. The van der Waals surface area contributed by atoms with Crippen LogP contribution < -0.4 is 15.8 Å². The fourth-order valence-electron chi connectivity index (χ4n) is 1.73. The van der Waals surface area contributed by atoms with Crippen LogP contribution in [0.25, 0.3) is 0 Å². The summed E-state index contributed by atoms with van der Waals surface area (Å²) >= 11 is 0. The van der Waals surface area contributed by atoms with Crippen LogP contribution in [-0.4, -0.2) is 44.6 Å². The topological polar surface area (TPSA) is 67.6 Å². The van der Waals surface area contributed by atoms with E-state index in [0.717, 1.165) is 19.4 Å². The quantitative estimate of drug-likeness (QED) is 0.562. The van der Waals surface area contributed by atoms with Crippen molar-refractivity contribution in [1.82, 2.24) is 10.2 Å². The van der Waals surface area contributed by atoms with Crippen LogP contribution in [0.2, 0.25) is 0 Å². The largest absolute Gasteiger partial charge is 0.491 e. The zero-order valence-corrected chi connectivity index (χ0v) is 12.6. The van der Waals surface area contributed by atoms with E-state index in [1.807, 2.05) is 21.0 Å². The minimum Gasteiger partial charge on any atom is -0.491 e. The number of ether oxygens (including phenoxy) is 1. The number of nitrogen functional groups attached to an aromatic ring is 1. The summed E-state index contributed by atoms with van der Waals surface area (Å²) in [7, 11) is 4.02. The first kappa shape index (κ1) is 16.3. The van der Waals surface area contributed by atoms with Gasteiger partial charge in [-0.25, -0.2) is 0 Å². The van der Waals surface area contributed by atoms with Crippen LogP contribution >= 0.6 is 0 Å². The lowest BCUT2D eigenvalue weighted by molar-refractivity contribution is 0.0952. The Kier molecular flexibility index (Phi) is 6.87. The number of nitrogens with zero attached hydrogens (tertiary/aromatic N) is 1. The summed E-state index contributed by atoms with van der Waals surface area (Å²) < 4.78 is 5.48. The van der Waals surface area contributed by atoms with Gasteiger partial charge in [-0.15, -0.1) is 0 Å². The zero-order valence-electron chi connectivity index (χ0n) is 12.6. The number of nitrogens with one attached hydrogen (secondary N) is 1. The Morgan fingerprint density at radius 2 is 2.15 bits per heavy atom. The van der Waals surface area contributed by atoms with Crippen LogP contribution in [0.15, 0.2) is 18.2 Å². The third kappa shape index (κ3) is 5.48. The number of carbonyl (C=O) groups excluding carboxylic acids is 1. The average molecular weight is 279 g/mol. The van der Waals surface area contributed by atoms with Crippen molar-refractivity contribution in [2.45, 2.75) is 19.8 Å². The number of hydrogen-bond acceptors (Lipinski definition) is 4. The van der Waals surface area contributed by atoms with Gasteiger partial charge in [0.05, 0.1) is 12.3 Å². The van der Waals surface area contributed by atoms with Gasteiger partial charge >= 0.3 is 0 Å². The van der Waals surface area contributed by atoms with Crippen molar-refractivity contribution >= 4 is 11.6 Å². The molecule has 0 heterocycles. The van der Waals surface area contributed by atoms with E-state index in [4.69, 9.17) is 10.5 Å². The van der Waals surface area contributed by atoms with Gasteiger partial charge in [-0.1, -0.05) is 6.92 Å². The monoisotopic (exact) mass is 279 g/mol. The molecule has 0 saturated heterocycles. The molecular weight excluding hydrogens is 254 g/mol. The van der Waals surface area contributed by atoms with Crippen LogP contribution in [0.5, 0.6) is 5.75 Å². The molecule has 1 rings (SSSR count). The smallest absolute Gasteiger partial charge is 0.251 e. The lowest BCUT2D eigenvalue weighted by Gasteiger charge is -2.11. The summed E-state index contributed by atoms with van der Waals surface area (Å²) in [6.45, 7) is 4.27. The normalized spacial score (nSPS) is 10.6. The fraction of sp³-hybridized carbons (Fsp3) is 0.533. The van der Waals surface area contributed by atoms with Crippen molar-refractivity contribution in [2.75, 3.05) is 39.5 Å². The highest BCUT2D eigenvalue weighted by Crippen LogP contribution is 2.22. The van der Waals surface area contributed by atoms with Gasteiger partial charge in [0, 0.05) is 12.1 Å². The zero-order chi connectivity index (χ0) is 15.0. The lowest BCUT2D eigenvalue weighted by Crippen LogP contribution is -2.27. The third-order valence-corrected chi connectivity index (χ3v) is 2.80. The fourth-order valence-corrected chi connectivity index (χ4v) is 1.73. The average Bonchev–Trinajstić information content (AvgIpc) is 2.41. The third-order valence-electron chi connectivity index (χ3n) is 2.80. The molecule has 0 atom stereocenters. The highest BCUT2D eigenvalue weighted by molar-refractivity contribution is 5.95. The molecule has 20 heavy (non-hydrogen) atoms. The van der Waals surface area contributed by atoms with Gasteiger partial charge in [-0.2, -0.15) is 0 Å². The van der Waals surface area contributed by atoms with E-state index < -0.39 is 0 Å². The standard InChI is InChI=1S/C15H25N3O2/c1-4-10-20-14-7-6-12(11-13(14)16)15(19)17-8-5-9-18(2)3/h6-7,11H,4-5,8-10,16H2,1-3H3,(H,17,19). The van der Waals surface area contributed by atoms with Crippen molar-refractivity contribution in [1.29, 1.82) is 0 Å². The molecule has 0 aliphatic carbocycles. The van der Waals surface area contributed by atoms with Gasteiger partial charge in [0.25, 0.3) is 5.91 Å². The second-order valence-electron chi connectivity index (χ2n) is 5.01. The van der Waals surface area contributed by atoms with E-state index in [1.165, 1.54) is 0 Å². The van der Waals surface area contributed by atoms with Crippen molar-refractivity contribution < 1.29 is 9.53 Å². The van der Waals surface area contributed by atoms with Crippen molar-refractivity contribution in [3.05, 3.63) is 23.8 Å². The van der Waals surface area contributed by atoms with Gasteiger partial charge in [0.1, 0.15) is 5.75 Å². The molecule has 0 aliphatic rings. The van der Waals surface area contributed by atoms with Gasteiger partial charge in [0.2, 0.25) is 0 Å². The molecule has 5 nitrogen and oxygen atoms in total. The Balaban J connectivity index is 2.50. The van der Waals surface area contributed by atoms with E-state index in [9.17, 15) is 4.79 Å². The molecule has 0 saturated carbocycles. The minimum absolute atomic E-state index is 0.0995. The number of anilines is 1. The molecule has 1 aromatic carbocycles. The summed E-state index contributed by atoms with van der Waals surface area (Å²) in [5.74, 6) is 0.536. The highest BCUT2D eigenvalue weighted by atomic mass is 16.5. The summed E-state index contributed by atoms with van der Waals surface area (Å²) in [6.07, 6.45) is 1.85. The summed E-state index contributed by atoms with van der Waals surface area (Å²) in [6, 6.07) is 5.15. The lowest BCUT2D eigenvalue weighted by atomic mass is 10.1. The maximum Gasteiger partial charge on any atom is 0.251 e. The number of carbonyl (C=O) groups is 1. The van der Waals surface area contributed by atoms with Gasteiger partial charge in [-0.3, -0.25) is 4.79 Å². The van der Waals surface area contributed by atoms with E-state index in [1.54, 1.807) is 18.2 Å². The maximum absolute atomic E-state index is 11.9. The van der Waals surface area contributed by atoms with E-state index in [2.05, 4.69) is 10.2 Å².